The van der Waals surface area contributed by atoms with Crippen molar-refractivity contribution in [3.63, 3.8) is 0 Å². The number of carboxylic acid groups (broad SMARTS) is 1. The average molecular weight is 263 g/mol. The summed E-state index contributed by atoms with van der Waals surface area (Å²) >= 11 is 0. The molecule has 0 fully saturated rings. The molecule has 0 aliphatic heterocycles. The highest BCUT2D eigenvalue weighted by atomic mass is 16.5. The number of likely N-dealkylation sites (N-methyl/N-ethyl adjacent to an activating group) is 1. The average Bonchev–Trinajstić information content (AvgIpc) is 2.35. The molecule has 0 saturated heterocycles. The van der Waals surface area contributed by atoms with Crippen molar-refractivity contribution < 1.29 is 19.4 Å². The molecule has 5 heteroatoms. The van der Waals surface area contributed by atoms with E-state index in [4.69, 9.17) is 9.84 Å². The van der Waals surface area contributed by atoms with Crippen LogP contribution in [0.4, 0.5) is 0 Å². The van der Waals surface area contributed by atoms with E-state index in [9.17, 15) is 9.59 Å². The van der Waals surface area contributed by atoms with Crippen LogP contribution < -0.4 is 4.74 Å². The predicted molar refractivity (Wildman–Crippen MR) is 72.0 cm³/mol. The van der Waals surface area contributed by atoms with Crippen LogP contribution in [0.3, 0.4) is 0 Å². The van der Waals surface area contributed by atoms with Gasteiger partial charge in [-0.3, -0.25) is 9.59 Å². The molecule has 0 aromatic heterocycles. The van der Waals surface area contributed by atoms with Gasteiger partial charge in [0, 0.05) is 18.7 Å². The van der Waals surface area contributed by atoms with Gasteiger partial charge >= 0.3 is 5.97 Å². The monoisotopic (exact) mass is 263 g/mol. The van der Waals surface area contributed by atoms with E-state index < -0.39 is 5.97 Å². The number of amides is 1. The number of carboxylic acids is 1. The van der Waals surface area contributed by atoms with Crippen molar-refractivity contribution in [3.8, 4) is 5.75 Å². The summed E-state index contributed by atoms with van der Waals surface area (Å²) in [5.41, 5.74) is 1.83. The van der Waals surface area contributed by atoms with Crippen LogP contribution in [0.5, 0.6) is 5.75 Å². The van der Waals surface area contributed by atoms with Crippen molar-refractivity contribution in [2.75, 3.05) is 20.7 Å². The van der Waals surface area contributed by atoms with Gasteiger partial charge in [-0.05, 0) is 25.1 Å². The predicted octanol–water partition coefficient (Wildman–Crippen LogP) is 1.56. The lowest BCUT2D eigenvalue weighted by Gasteiger charge is -2.11. The second kappa shape index (κ2) is 6.58. The minimum absolute atomic E-state index is 0.325. The number of nitrogens with zero attached hydrogens (tertiary/aromatic N) is 1. The highest BCUT2D eigenvalue weighted by Crippen LogP contribution is 2.20. The Morgan fingerprint density at radius 1 is 1.42 bits per heavy atom. The molecule has 102 valence electrons. The second-order valence-electron chi connectivity index (χ2n) is 4.17. The van der Waals surface area contributed by atoms with Crippen molar-refractivity contribution in [2.45, 2.75) is 6.92 Å². The fourth-order valence-corrected chi connectivity index (χ4v) is 1.55. The molecule has 1 N–H and O–H groups in total. The number of methoxy groups -OCH3 is 1. The standard InChI is InChI=1S/C14H17NO4/c1-10-4-6-12(19-3)11(8-10)5-7-13(16)15(2)9-14(17)18/h4-8H,9H2,1-3H3,(H,17,18)/b7-5+. The third kappa shape index (κ3) is 4.46. The number of hydrogen-bond donors (Lipinski definition) is 1. The topological polar surface area (TPSA) is 66.8 Å². The lowest BCUT2D eigenvalue weighted by atomic mass is 10.1. The quantitative estimate of drug-likeness (QED) is 0.819. The van der Waals surface area contributed by atoms with Gasteiger partial charge in [-0.1, -0.05) is 11.6 Å². The molecule has 0 heterocycles. The summed E-state index contributed by atoms with van der Waals surface area (Å²) in [7, 11) is 2.99. The summed E-state index contributed by atoms with van der Waals surface area (Å²) in [5.74, 6) is -0.751. The number of aryl methyl sites for hydroxylation is 1. The van der Waals surface area contributed by atoms with Gasteiger partial charge in [0.25, 0.3) is 0 Å². The summed E-state index contributed by atoms with van der Waals surface area (Å²) in [4.78, 5) is 23.3. The maximum absolute atomic E-state index is 11.7. The van der Waals surface area contributed by atoms with E-state index in [1.54, 1.807) is 13.2 Å². The van der Waals surface area contributed by atoms with Crippen molar-refractivity contribution in [3.05, 3.63) is 35.4 Å². The molecule has 19 heavy (non-hydrogen) atoms. The Morgan fingerprint density at radius 3 is 2.68 bits per heavy atom. The largest absolute Gasteiger partial charge is 0.496 e. The van der Waals surface area contributed by atoms with Gasteiger partial charge in [-0.2, -0.15) is 0 Å². The molecule has 0 atom stereocenters. The zero-order valence-electron chi connectivity index (χ0n) is 11.2. The fraction of sp³-hybridized carbons (Fsp3) is 0.286. The molecule has 0 saturated carbocycles. The molecule has 1 aromatic rings. The molecule has 0 aliphatic rings. The van der Waals surface area contributed by atoms with E-state index in [0.717, 1.165) is 16.0 Å². The van der Waals surface area contributed by atoms with Gasteiger partial charge in [0.1, 0.15) is 12.3 Å². The Labute approximate surface area is 112 Å². The van der Waals surface area contributed by atoms with Gasteiger partial charge in [0.15, 0.2) is 0 Å². The second-order valence-corrected chi connectivity index (χ2v) is 4.17. The van der Waals surface area contributed by atoms with Crippen molar-refractivity contribution >= 4 is 18.0 Å². The molecule has 1 rings (SSSR count). The molecular weight excluding hydrogens is 246 g/mol. The summed E-state index contributed by atoms with van der Waals surface area (Å²) in [5, 5.41) is 8.60. The first-order valence-electron chi connectivity index (χ1n) is 5.73. The van der Waals surface area contributed by atoms with Crippen LogP contribution >= 0.6 is 0 Å². The van der Waals surface area contributed by atoms with Crippen LogP contribution in [0.15, 0.2) is 24.3 Å². The van der Waals surface area contributed by atoms with Crippen molar-refractivity contribution in [1.29, 1.82) is 0 Å². The molecular formula is C14H17NO4. The number of ether oxygens (including phenoxy) is 1. The molecule has 0 radical (unpaired) electrons. The summed E-state index contributed by atoms with van der Waals surface area (Å²) in [6.45, 7) is 1.61. The van der Waals surface area contributed by atoms with Crippen molar-refractivity contribution in [1.82, 2.24) is 4.90 Å². The van der Waals surface area contributed by atoms with Crippen LogP contribution in [0.25, 0.3) is 6.08 Å². The number of benzene rings is 1. The maximum Gasteiger partial charge on any atom is 0.323 e. The molecule has 0 spiro atoms. The first-order valence-corrected chi connectivity index (χ1v) is 5.73. The van der Waals surface area contributed by atoms with Crippen LogP contribution in [0.2, 0.25) is 0 Å². The summed E-state index contributed by atoms with van der Waals surface area (Å²) in [6.07, 6.45) is 2.95. The Morgan fingerprint density at radius 2 is 2.11 bits per heavy atom. The SMILES string of the molecule is COc1ccc(C)cc1/C=C/C(=O)N(C)CC(=O)O. The van der Waals surface area contributed by atoms with E-state index in [-0.39, 0.29) is 12.5 Å². The van der Waals surface area contributed by atoms with Gasteiger partial charge in [-0.25, -0.2) is 0 Å². The maximum atomic E-state index is 11.7. The fourth-order valence-electron chi connectivity index (χ4n) is 1.55. The number of carbonyl (C=O) groups excluding carboxylic acids is 1. The zero-order chi connectivity index (χ0) is 14.4. The molecule has 1 amide bonds. The van der Waals surface area contributed by atoms with Gasteiger partial charge < -0.3 is 14.7 Å². The number of carbonyl (C=O) groups is 2. The van der Waals surface area contributed by atoms with Crippen LogP contribution in [-0.4, -0.2) is 42.6 Å². The molecule has 0 unspecified atom stereocenters. The number of aliphatic carboxylic acids is 1. The Hall–Kier alpha value is -2.30. The Bertz CT molecular complexity index is 508. The minimum Gasteiger partial charge on any atom is -0.496 e. The smallest absolute Gasteiger partial charge is 0.323 e. The molecule has 1 aromatic carbocycles. The Kier molecular flexibility index (Phi) is 5.11. The third-order valence-electron chi connectivity index (χ3n) is 2.54. The van der Waals surface area contributed by atoms with Gasteiger partial charge in [0.05, 0.1) is 7.11 Å². The normalized spacial score (nSPS) is 10.5. The first kappa shape index (κ1) is 14.8. The highest BCUT2D eigenvalue weighted by Gasteiger charge is 2.09. The van der Waals surface area contributed by atoms with Crippen LogP contribution in [0, 0.1) is 6.92 Å². The lowest BCUT2D eigenvalue weighted by molar-refractivity contribution is -0.141. The van der Waals surface area contributed by atoms with Crippen molar-refractivity contribution in [2.24, 2.45) is 0 Å². The number of hydrogen-bond acceptors (Lipinski definition) is 3. The zero-order valence-corrected chi connectivity index (χ0v) is 11.2. The highest BCUT2D eigenvalue weighted by molar-refractivity contribution is 5.93. The minimum atomic E-state index is -1.04. The Balaban J connectivity index is 2.83. The van der Waals surface area contributed by atoms with Crippen LogP contribution in [-0.2, 0) is 9.59 Å². The lowest BCUT2D eigenvalue weighted by Crippen LogP contribution is -2.30. The van der Waals surface area contributed by atoms with E-state index in [2.05, 4.69) is 0 Å². The molecule has 0 aliphatic carbocycles. The van der Waals surface area contributed by atoms with E-state index in [1.165, 1.54) is 13.1 Å². The summed E-state index contributed by atoms with van der Waals surface area (Å²) < 4.78 is 5.19. The van der Waals surface area contributed by atoms with E-state index in [1.807, 2.05) is 25.1 Å². The number of rotatable bonds is 5. The third-order valence-corrected chi connectivity index (χ3v) is 2.54. The van der Waals surface area contributed by atoms with E-state index in [0.29, 0.717) is 5.75 Å². The first-order chi connectivity index (χ1) is 8.93. The van der Waals surface area contributed by atoms with Gasteiger partial charge in [0.2, 0.25) is 5.91 Å². The van der Waals surface area contributed by atoms with Crippen LogP contribution in [0.1, 0.15) is 11.1 Å². The molecule has 0 bridgehead atoms. The van der Waals surface area contributed by atoms with Gasteiger partial charge in [-0.15, -0.1) is 0 Å². The molecule has 5 nitrogen and oxygen atoms in total. The summed E-state index contributed by atoms with van der Waals surface area (Å²) in [6, 6.07) is 5.62. The van der Waals surface area contributed by atoms with E-state index >= 15 is 0 Å².